The minimum Gasteiger partial charge on any atom is -0.357 e. The van der Waals surface area contributed by atoms with Crippen molar-refractivity contribution in [3.63, 3.8) is 0 Å². The van der Waals surface area contributed by atoms with Crippen molar-refractivity contribution in [2.45, 2.75) is 208 Å². The lowest BCUT2D eigenvalue weighted by Crippen LogP contribution is -2.65. The van der Waals surface area contributed by atoms with Crippen molar-refractivity contribution in [1.82, 2.24) is 110 Å². The second kappa shape index (κ2) is 50.9. The van der Waals surface area contributed by atoms with Crippen molar-refractivity contribution in [2.75, 3.05) is 135 Å². The number of anilines is 4. The molecule has 0 aliphatic carbocycles. The van der Waals surface area contributed by atoms with Gasteiger partial charge in [0.2, 0.25) is 35.7 Å². The molecule has 0 amide bonds. The van der Waals surface area contributed by atoms with Crippen LogP contribution in [0, 0.1) is 0 Å². The Kier molecular flexibility index (Phi) is 42.7. The zero-order valence-corrected chi connectivity index (χ0v) is 63.4. The molecule has 36 heteroatoms. The minimum atomic E-state index is -0.226. The van der Waals surface area contributed by atoms with E-state index in [9.17, 15) is 0 Å². The van der Waals surface area contributed by atoms with E-state index in [-0.39, 0.29) is 40.9 Å². The molecule has 7 atom stereocenters. The van der Waals surface area contributed by atoms with Crippen molar-refractivity contribution >= 4 is 124 Å². The molecule has 544 valence electrons. The maximum atomic E-state index is 5.05. The van der Waals surface area contributed by atoms with Crippen LogP contribution in [0.25, 0.3) is 0 Å². The third-order valence-corrected chi connectivity index (χ3v) is 20.8. The predicted octanol–water partition coefficient (Wildman–Crippen LogP) is 5.59. The maximum absolute atomic E-state index is 5.05. The first-order valence-corrected chi connectivity index (χ1v) is 41.6. The second-order valence-corrected chi connectivity index (χ2v) is 29.8. The SMILES string of the molecule is CCCCCSc1nc(NC)nc(NCCNC2=NC(SCCCCC)NC(NCCNC3=NC(SCCCCC)NC(NCCNC4=NC(SCCCCC)NC(NCCNc5nc(NCCNC6=NC(SCCCCC)NC(NC)N6)nc(SCCCCC)n5)N4)N3)=N2)n1. The van der Waals surface area contributed by atoms with Gasteiger partial charge in [-0.2, -0.15) is 34.9 Å². The Bertz CT molecular complexity index is 2560. The van der Waals surface area contributed by atoms with E-state index < -0.39 is 0 Å². The highest BCUT2D eigenvalue weighted by Gasteiger charge is 2.26. The summed E-state index contributed by atoms with van der Waals surface area (Å²) in [6.45, 7) is 19.4. The van der Waals surface area contributed by atoms with E-state index in [1.54, 1.807) is 35.3 Å². The lowest BCUT2D eigenvalue weighted by Gasteiger charge is -2.33. The number of guanidine groups is 5. The molecule has 7 unspecified atom stereocenters. The maximum Gasteiger partial charge on any atom is 0.228 e. The number of unbranched alkanes of at least 4 members (excludes halogenated alkanes) is 12. The lowest BCUT2D eigenvalue weighted by atomic mass is 10.3. The summed E-state index contributed by atoms with van der Waals surface area (Å²) in [6, 6.07) is 0. The fourth-order valence-corrected chi connectivity index (χ4v) is 15.1. The Balaban J connectivity index is 0.970. The zero-order chi connectivity index (χ0) is 67.9. The van der Waals surface area contributed by atoms with E-state index in [2.05, 4.69) is 158 Å². The normalized spacial score (nSPS) is 20.0. The number of nitrogens with one attached hydrogen (secondary N) is 19. The predicted molar refractivity (Wildman–Crippen MR) is 414 cm³/mol. The summed E-state index contributed by atoms with van der Waals surface area (Å²) in [6.07, 6.45) is 20.6. The summed E-state index contributed by atoms with van der Waals surface area (Å²) in [5.41, 5.74) is -0.437. The van der Waals surface area contributed by atoms with Crippen LogP contribution in [0.2, 0.25) is 0 Å². The summed E-state index contributed by atoms with van der Waals surface area (Å²) in [4.78, 5) is 52.8. The standard InChI is InChI=1S/C60H118N30S6/c1-9-15-21-37-91-55-79-43(61-7)73-45(81-55)63-27-29-65-47-75-49(85-57(83-47)93-39-23-17-11-3)67-31-33-69-51-77-53(89-59(87-51)95-41-25-19-13-5)71-35-36-72-54-78-52(88-60(90-54)96-42-26-20-14-6)70-34-32-68-50-76-48(84-58(86-50)94-40-24-18-12-4)66-30-28-64-46-74-44(62-8)80-56(82-46)92-38-22-16-10-2/h43,51,54-55,58-61,69,72,79,87,90H,9-42H2,1-8H3,(H2,63,73,81)(H2,70,78,88)(H2,71,77,89)(H2,62,64,74,80,82)(H2,65,67,75,83,85)(H3,66,68,76,84,86). The molecular formula is C60H118N30S6. The average Bonchev–Trinajstić information content (AvgIpc) is 1.33. The number of hydrogen-bond donors (Lipinski definition) is 19. The van der Waals surface area contributed by atoms with E-state index in [0.717, 1.165) is 90.9 Å². The van der Waals surface area contributed by atoms with Gasteiger partial charge in [-0.25, -0.2) is 20.0 Å². The summed E-state index contributed by atoms with van der Waals surface area (Å²) >= 11 is 10.6. The van der Waals surface area contributed by atoms with Gasteiger partial charge in [0.1, 0.15) is 18.9 Å². The molecule has 30 nitrogen and oxygen atoms in total. The summed E-state index contributed by atoms with van der Waals surface area (Å²) in [5, 5.41) is 67.7. The highest BCUT2D eigenvalue weighted by atomic mass is 32.2. The summed E-state index contributed by atoms with van der Waals surface area (Å²) in [5.74, 6) is 11.7. The second-order valence-electron chi connectivity index (χ2n) is 22.9. The first-order valence-electron chi connectivity index (χ1n) is 35.4. The molecule has 0 radical (unpaired) electrons. The van der Waals surface area contributed by atoms with Crippen molar-refractivity contribution in [1.29, 1.82) is 0 Å². The molecule has 0 saturated carbocycles. The molecule has 96 heavy (non-hydrogen) atoms. The Morgan fingerprint density at radius 3 is 1.09 bits per heavy atom. The van der Waals surface area contributed by atoms with Gasteiger partial charge in [-0.15, -0.1) is 47.0 Å². The number of hydrogen-bond acceptors (Lipinski definition) is 36. The molecule has 0 aromatic carbocycles. The van der Waals surface area contributed by atoms with Gasteiger partial charge in [0, 0.05) is 84.0 Å². The Hall–Kier alpha value is -4.37. The van der Waals surface area contributed by atoms with Gasteiger partial charge in [-0.3, -0.25) is 31.9 Å². The van der Waals surface area contributed by atoms with E-state index in [1.165, 1.54) is 77.0 Å². The van der Waals surface area contributed by atoms with Crippen molar-refractivity contribution in [2.24, 2.45) is 25.0 Å². The molecule has 6 heterocycles. The fraction of sp³-hybridized carbons (Fsp3) is 0.817. The third kappa shape index (κ3) is 34.6. The van der Waals surface area contributed by atoms with E-state index in [4.69, 9.17) is 39.9 Å². The lowest BCUT2D eigenvalue weighted by molar-refractivity contribution is 0.368. The highest BCUT2D eigenvalue weighted by molar-refractivity contribution is 8.00. The number of thioether (sulfide) groups is 6. The first-order chi connectivity index (χ1) is 47.2. The van der Waals surface area contributed by atoms with Gasteiger partial charge in [0.05, 0.1) is 0 Å². The molecule has 4 aliphatic heterocycles. The van der Waals surface area contributed by atoms with Crippen LogP contribution < -0.4 is 101 Å². The summed E-state index contributed by atoms with van der Waals surface area (Å²) in [7, 11) is 3.76. The van der Waals surface area contributed by atoms with Crippen LogP contribution in [0.3, 0.4) is 0 Å². The van der Waals surface area contributed by atoms with Crippen LogP contribution in [0.5, 0.6) is 0 Å². The minimum absolute atomic E-state index is 0.0232. The molecule has 19 N–H and O–H groups in total. The van der Waals surface area contributed by atoms with Gasteiger partial charge < -0.3 is 69.1 Å². The molecule has 0 spiro atoms. The van der Waals surface area contributed by atoms with Crippen molar-refractivity contribution in [3.05, 3.63) is 0 Å². The number of rotatable bonds is 52. The third-order valence-electron chi connectivity index (χ3n) is 14.6. The topological polar surface area (TPSA) is 368 Å². The van der Waals surface area contributed by atoms with E-state index >= 15 is 0 Å². The highest BCUT2D eigenvalue weighted by Crippen LogP contribution is 2.22. The first kappa shape index (κ1) is 80.6. The van der Waals surface area contributed by atoms with Crippen LogP contribution in [0.1, 0.15) is 157 Å². The van der Waals surface area contributed by atoms with Gasteiger partial charge >= 0.3 is 0 Å². The average molecular weight is 1450 g/mol. The van der Waals surface area contributed by atoms with Gasteiger partial charge in [-0.05, 0) is 68.6 Å². The number of aliphatic imine (C=N–C) groups is 5. The van der Waals surface area contributed by atoms with E-state index in [1.807, 2.05) is 49.4 Å². The quantitative estimate of drug-likeness (QED) is 0.0284. The van der Waals surface area contributed by atoms with Crippen LogP contribution >= 0.6 is 70.6 Å². The smallest absolute Gasteiger partial charge is 0.228 e. The van der Waals surface area contributed by atoms with Gasteiger partial charge in [-0.1, -0.05) is 142 Å². The fourth-order valence-electron chi connectivity index (χ4n) is 9.41. The summed E-state index contributed by atoms with van der Waals surface area (Å²) < 4.78 is 0. The van der Waals surface area contributed by atoms with Crippen LogP contribution in [-0.4, -0.2) is 215 Å². The van der Waals surface area contributed by atoms with Gasteiger partial charge in [0.15, 0.2) is 50.2 Å². The van der Waals surface area contributed by atoms with Gasteiger partial charge in [0.25, 0.3) is 0 Å². The molecule has 0 fully saturated rings. The van der Waals surface area contributed by atoms with Crippen LogP contribution in [0.4, 0.5) is 23.8 Å². The largest absolute Gasteiger partial charge is 0.357 e. The van der Waals surface area contributed by atoms with E-state index in [0.29, 0.717) is 111 Å². The molecule has 2 aromatic heterocycles. The van der Waals surface area contributed by atoms with Crippen molar-refractivity contribution in [3.8, 4) is 0 Å². The monoisotopic (exact) mass is 1450 g/mol. The Labute approximate surface area is 598 Å². The molecule has 2 aromatic rings. The number of aromatic nitrogens is 6. The molecule has 6 rings (SSSR count). The molecule has 0 saturated heterocycles. The molecule has 4 aliphatic rings. The van der Waals surface area contributed by atoms with Crippen LogP contribution in [-0.2, 0) is 0 Å². The zero-order valence-electron chi connectivity index (χ0n) is 58.5. The Morgan fingerprint density at radius 1 is 0.323 bits per heavy atom. The number of nitrogens with zero attached hydrogens (tertiary/aromatic N) is 11. The van der Waals surface area contributed by atoms with Crippen LogP contribution in [0.15, 0.2) is 35.3 Å². The van der Waals surface area contributed by atoms with Crippen molar-refractivity contribution < 1.29 is 0 Å². The molecule has 0 bridgehead atoms. The Morgan fingerprint density at radius 2 is 0.667 bits per heavy atom. The molecular weight excluding hydrogens is 1330 g/mol.